The Morgan fingerprint density at radius 2 is 1.46 bits per heavy atom. The van der Waals surface area contributed by atoms with Crippen LogP contribution in [-0.2, 0) is 4.79 Å². The first-order chi connectivity index (χ1) is 13.7. The summed E-state index contributed by atoms with van der Waals surface area (Å²) in [5, 5.41) is 5.98. The van der Waals surface area contributed by atoms with Gasteiger partial charge in [0.15, 0.2) is 0 Å². The van der Waals surface area contributed by atoms with Crippen LogP contribution in [0.1, 0.15) is 5.56 Å². The quantitative estimate of drug-likeness (QED) is 0.540. The van der Waals surface area contributed by atoms with Crippen LogP contribution < -0.4 is 20.1 Å². The Labute approximate surface area is 165 Å². The largest absolute Gasteiger partial charge is 0.490 e. The van der Waals surface area contributed by atoms with Gasteiger partial charge in [-0.15, -0.1) is 0 Å². The van der Waals surface area contributed by atoms with E-state index in [1.165, 1.54) is 0 Å². The third kappa shape index (κ3) is 6.36. The molecular formula is C23H24N2O3. The number of carbonyl (C=O) groups is 1. The van der Waals surface area contributed by atoms with Crippen LogP contribution in [0.2, 0.25) is 0 Å². The van der Waals surface area contributed by atoms with Gasteiger partial charge in [-0.1, -0.05) is 30.3 Å². The van der Waals surface area contributed by atoms with Crippen molar-refractivity contribution in [2.75, 3.05) is 30.4 Å². The lowest BCUT2D eigenvalue weighted by molar-refractivity contribution is -0.114. The minimum Gasteiger partial charge on any atom is -0.490 e. The molecule has 144 valence electrons. The van der Waals surface area contributed by atoms with Crippen molar-refractivity contribution in [2.24, 2.45) is 0 Å². The van der Waals surface area contributed by atoms with Crippen molar-refractivity contribution in [3.63, 3.8) is 0 Å². The maximum atomic E-state index is 12.0. The van der Waals surface area contributed by atoms with Crippen LogP contribution in [0, 0.1) is 6.92 Å². The summed E-state index contributed by atoms with van der Waals surface area (Å²) < 4.78 is 11.3. The molecular weight excluding hydrogens is 352 g/mol. The predicted octanol–water partition coefficient (Wildman–Crippen LogP) is 4.50. The zero-order valence-corrected chi connectivity index (χ0v) is 15.9. The highest BCUT2D eigenvalue weighted by Crippen LogP contribution is 2.16. The Hall–Kier alpha value is -3.47. The zero-order chi connectivity index (χ0) is 19.6. The number of amides is 1. The van der Waals surface area contributed by atoms with Gasteiger partial charge in [-0.3, -0.25) is 4.79 Å². The van der Waals surface area contributed by atoms with Crippen LogP contribution in [0.25, 0.3) is 0 Å². The van der Waals surface area contributed by atoms with Crippen LogP contribution in [0.4, 0.5) is 11.4 Å². The summed E-state index contributed by atoms with van der Waals surface area (Å²) in [6, 6.07) is 24.9. The standard InChI is InChI=1S/C23H24N2O3/c1-18-6-5-7-20(16-18)25-23(26)17-24-19-10-12-22(13-11-19)28-15-14-27-21-8-3-2-4-9-21/h2-13,16,24H,14-15,17H2,1H3,(H,25,26). The van der Waals surface area contributed by atoms with Crippen molar-refractivity contribution >= 4 is 17.3 Å². The van der Waals surface area contributed by atoms with Gasteiger partial charge in [-0.2, -0.15) is 0 Å². The first-order valence-corrected chi connectivity index (χ1v) is 9.20. The molecule has 0 aliphatic heterocycles. The lowest BCUT2D eigenvalue weighted by atomic mass is 10.2. The van der Waals surface area contributed by atoms with Crippen molar-refractivity contribution in [1.82, 2.24) is 0 Å². The van der Waals surface area contributed by atoms with Crippen LogP contribution in [0.5, 0.6) is 11.5 Å². The third-order valence-electron chi connectivity index (χ3n) is 3.97. The molecule has 0 bridgehead atoms. The number of ether oxygens (including phenoxy) is 2. The van der Waals surface area contributed by atoms with Gasteiger partial charge in [0.1, 0.15) is 24.7 Å². The number of nitrogens with one attached hydrogen (secondary N) is 2. The molecule has 0 saturated carbocycles. The smallest absolute Gasteiger partial charge is 0.243 e. The van der Waals surface area contributed by atoms with E-state index in [0.29, 0.717) is 13.2 Å². The minimum atomic E-state index is -0.0935. The molecule has 0 atom stereocenters. The first-order valence-electron chi connectivity index (χ1n) is 9.20. The molecule has 0 spiro atoms. The molecule has 0 saturated heterocycles. The maximum Gasteiger partial charge on any atom is 0.243 e. The molecule has 2 N–H and O–H groups in total. The van der Waals surface area contributed by atoms with E-state index in [-0.39, 0.29) is 12.5 Å². The first kappa shape index (κ1) is 19.3. The molecule has 0 aliphatic rings. The lowest BCUT2D eigenvalue weighted by Crippen LogP contribution is -2.21. The molecule has 0 fully saturated rings. The number of carbonyl (C=O) groups excluding carboxylic acids is 1. The summed E-state index contributed by atoms with van der Waals surface area (Å²) in [7, 11) is 0. The fourth-order valence-corrected chi connectivity index (χ4v) is 2.62. The van der Waals surface area contributed by atoms with Gasteiger partial charge in [-0.05, 0) is 61.0 Å². The summed E-state index contributed by atoms with van der Waals surface area (Å²) in [6.07, 6.45) is 0. The molecule has 0 unspecified atom stereocenters. The van der Waals surface area contributed by atoms with Crippen LogP contribution in [-0.4, -0.2) is 25.7 Å². The van der Waals surface area contributed by atoms with E-state index >= 15 is 0 Å². The van der Waals surface area contributed by atoms with Gasteiger partial charge >= 0.3 is 0 Å². The molecule has 28 heavy (non-hydrogen) atoms. The minimum absolute atomic E-state index is 0.0935. The number of benzene rings is 3. The molecule has 0 aromatic heterocycles. The summed E-state index contributed by atoms with van der Waals surface area (Å²) in [4.78, 5) is 12.0. The molecule has 5 nitrogen and oxygen atoms in total. The molecule has 0 radical (unpaired) electrons. The van der Waals surface area contributed by atoms with E-state index in [1.54, 1.807) is 0 Å². The van der Waals surface area contributed by atoms with Crippen LogP contribution in [0.3, 0.4) is 0 Å². The summed E-state index contributed by atoms with van der Waals surface area (Å²) >= 11 is 0. The van der Waals surface area contributed by atoms with Crippen molar-refractivity contribution in [2.45, 2.75) is 6.92 Å². The van der Waals surface area contributed by atoms with Crippen molar-refractivity contribution in [1.29, 1.82) is 0 Å². The Morgan fingerprint density at radius 1 is 0.786 bits per heavy atom. The SMILES string of the molecule is Cc1cccc(NC(=O)CNc2ccc(OCCOc3ccccc3)cc2)c1. The number of anilines is 2. The van der Waals surface area contributed by atoms with Crippen molar-refractivity contribution < 1.29 is 14.3 Å². The number of para-hydroxylation sites is 1. The zero-order valence-electron chi connectivity index (χ0n) is 15.9. The van der Waals surface area contributed by atoms with Gasteiger partial charge in [0.25, 0.3) is 0 Å². The van der Waals surface area contributed by atoms with Crippen molar-refractivity contribution in [3.05, 3.63) is 84.4 Å². The van der Waals surface area contributed by atoms with E-state index in [0.717, 1.165) is 28.4 Å². The second-order valence-corrected chi connectivity index (χ2v) is 6.31. The highest BCUT2D eigenvalue weighted by Gasteiger charge is 2.03. The number of aryl methyl sites for hydroxylation is 1. The van der Waals surface area contributed by atoms with E-state index < -0.39 is 0 Å². The van der Waals surface area contributed by atoms with Gasteiger partial charge < -0.3 is 20.1 Å². The second kappa shape index (κ2) is 10.0. The summed E-state index contributed by atoms with van der Waals surface area (Å²) in [5.41, 5.74) is 2.76. The van der Waals surface area contributed by atoms with Gasteiger partial charge in [0.05, 0.1) is 6.54 Å². The van der Waals surface area contributed by atoms with Gasteiger partial charge in [0, 0.05) is 11.4 Å². The topological polar surface area (TPSA) is 59.6 Å². The highest BCUT2D eigenvalue weighted by molar-refractivity contribution is 5.93. The number of hydrogen-bond donors (Lipinski definition) is 2. The highest BCUT2D eigenvalue weighted by atomic mass is 16.5. The monoisotopic (exact) mass is 376 g/mol. The van der Waals surface area contributed by atoms with Crippen LogP contribution in [0.15, 0.2) is 78.9 Å². The van der Waals surface area contributed by atoms with E-state index in [4.69, 9.17) is 9.47 Å². The number of hydrogen-bond acceptors (Lipinski definition) is 4. The molecule has 0 heterocycles. The van der Waals surface area contributed by atoms with E-state index in [2.05, 4.69) is 10.6 Å². The molecule has 3 aromatic rings. The Morgan fingerprint density at radius 3 is 2.14 bits per heavy atom. The van der Waals surface area contributed by atoms with Crippen molar-refractivity contribution in [3.8, 4) is 11.5 Å². The third-order valence-corrected chi connectivity index (χ3v) is 3.97. The van der Waals surface area contributed by atoms with E-state index in [1.807, 2.05) is 85.8 Å². The van der Waals surface area contributed by atoms with E-state index in [9.17, 15) is 4.79 Å². The van der Waals surface area contributed by atoms with Crippen LogP contribution >= 0.6 is 0 Å². The molecule has 3 rings (SSSR count). The Kier molecular flexibility index (Phi) is 6.90. The Bertz CT molecular complexity index is 880. The molecule has 3 aromatic carbocycles. The average molecular weight is 376 g/mol. The fourth-order valence-electron chi connectivity index (χ4n) is 2.62. The summed E-state index contributed by atoms with van der Waals surface area (Å²) in [6.45, 7) is 3.12. The Balaban J connectivity index is 1.37. The maximum absolute atomic E-state index is 12.0. The predicted molar refractivity (Wildman–Crippen MR) is 112 cm³/mol. The molecule has 5 heteroatoms. The number of rotatable bonds is 9. The summed E-state index contributed by atoms with van der Waals surface area (Å²) in [5.74, 6) is 1.49. The second-order valence-electron chi connectivity index (χ2n) is 6.31. The lowest BCUT2D eigenvalue weighted by Gasteiger charge is -2.10. The molecule has 0 aliphatic carbocycles. The average Bonchev–Trinajstić information content (AvgIpc) is 2.71. The van der Waals surface area contributed by atoms with Gasteiger partial charge in [0.2, 0.25) is 5.91 Å². The molecule has 1 amide bonds. The van der Waals surface area contributed by atoms with Gasteiger partial charge in [-0.25, -0.2) is 0 Å². The normalized spacial score (nSPS) is 10.2. The fraction of sp³-hybridized carbons (Fsp3) is 0.174.